The Bertz CT molecular complexity index is 842. The van der Waals surface area contributed by atoms with Gasteiger partial charge in [0.15, 0.2) is 0 Å². The van der Waals surface area contributed by atoms with E-state index in [0.29, 0.717) is 0 Å². The van der Waals surface area contributed by atoms with Gasteiger partial charge in [-0.15, -0.1) is 0 Å². The van der Waals surface area contributed by atoms with Gasteiger partial charge in [0.1, 0.15) is 11.5 Å². The number of nitrogens with zero attached hydrogens (tertiary/aromatic N) is 1. The molecule has 1 aromatic carbocycles. The third-order valence-corrected chi connectivity index (χ3v) is 3.59. The number of para-hydroxylation sites is 1. The Morgan fingerprint density at radius 1 is 1.08 bits per heavy atom. The zero-order chi connectivity index (χ0) is 19.3. The number of allylic oxidation sites excluding steroid dienone is 2. The highest BCUT2D eigenvalue weighted by molar-refractivity contribution is 6.07. The molecule has 1 N–H and O–H groups in total. The molecule has 1 aromatic rings. The molecule has 0 atom stereocenters. The highest BCUT2D eigenvalue weighted by Gasteiger charge is 2.31. The van der Waals surface area contributed by atoms with Gasteiger partial charge in [-0.25, -0.2) is 14.0 Å². The number of hydrogen-bond acceptors (Lipinski definition) is 6. The molecule has 136 valence electrons. The first-order valence-corrected chi connectivity index (χ1v) is 7.51. The normalized spacial score (nSPS) is 13.3. The zero-order valence-corrected chi connectivity index (χ0v) is 14.4. The van der Waals surface area contributed by atoms with Crippen LogP contribution < -0.4 is 10.2 Å². The summed E-state index contributed by atoms with van der Waals surface area (Å²) in [7, 11) is 3.68. The van der Waals surface area contributed by atoms with Crippen LogP contribution in [0.2, 0.25) is 0 Å². The first-order valence-electron chi connectivity index (χ1n) is 7.51. The van der Waals surface area contributed by atoms with Crippen LogP contribution in [0.1, 0.15) is 10.4 Å². The Labute approximate surface area is 149 Å². The summed E-state index contributed by atoms with van der Waals surface area (Å²) in [6, 6.07) is 3.91. The number of nitrogens with one attached hydrogen (secondary N) is 1. The van der Waals surface area contributed by atoms with E-state index in [-0.39, 0.29) is 22.5 Å². The van der Waals surface area contributed by atoms with Crippen molar-refractivity contribution in [2.24, 2.45) is 0 Å². The molecule has 0 spiro atoms. The molecule has 1 aliphatic heterocycles. The Hall–Kier alpha value is -3.42. The van der Waals surface area contributed by atoms with Crippen molar-refractivity contribution in [1.82, 2.24) is 5.32 Å². The number of carbonyl (C=O) groups is 3. The molecule has 1 heterocycles. The van der Waals surface area contributed by atoms with Gasteiger partial charge in [-0.3, -0.25) is 4.79 Å². The molecule has 8 heteroatoms. The van der Waals surface area contributed by atoms with E-state index in [1.807, 2.05) is 0 Å². The van der Waals surface area contributed by atoms with Gasteiger partial charge in [-0.2, -0.15) is 0 Å². The number of halogens is 1. The summed E-state index contributed by atoms with van der Waals surface area (Å²) < 4.78 is 24.1. The van der Waals surface area contributed by atoms with Crippen LogP contribution in [-0.2, 0) is 19.1 Å². The van der Waals surface area contributed by atoms with Crippen molar-refractivity contribution in [3.05, 3.63) is 65.3 Å². The number of esters is 2. The summed E-state index contributed by atoms with van der Waals surface area (Å²) in [6.45, 7) is 0. The second-order valence-electron chi connectivity index (χ2n) is 5.03. The minimum atomic E-state index is -0.896. The first kappa shape index (κ1) is 18.9. The Kier molecular flexibility index (Phi) is 5.90. The van der Waals surface area contributed by atoms with Crippen LogP contribution in [0.15, 0.2) is 53.9 Å². The van der Waals surface area contributed by atoms with Crippen LogP contribution in [0.25, 0.3) is 0 Å². The van der Waals surface area contributed by atoms with Crippen LogP contribution in [0, 0.1) is 5.82 Å². The van der Waals surface area contributed by atoms with Crippen LogP contribution >= 0.6 is 0 Å². The molecule has 0 fully saturated rings. The van der Waals surface area contributed by atoms with E-state index in [1.54, 1.807) is 0 Å². The molecule has 0 bridgehead atoms. The van der Waals surface area contributed by atoms with Crippen molar-refractivity contribution >= 4 is 23.5 Å². The molecule has 26 heavy (non-hydrogen) atoms. The lowest BCUT2D eigenvalue weighted by atomic mass is 10.1. The van der Waals surface area contributed by atoms with Gasteiger partial charge in [0.2, 0.25) is 0 Å². The van der Waals surface area contributed by atoms with Crippen molar-refractivity contribution in [2.75, 3.05) is 26.2 Å². The standard InChI is InChI=1S/C18H17FN2O5/c1-20-16(22)11-8-6-9-13(19)14(11)21-10-5-4-7-12(17(23)25-2)15(21)18(24)26-3/h4-10H,1-3H3,(H,20,22). The highest BCUT2D eigenvalue weighted by Crippen LogP contribution is 2.31. The Morgan fingerprint density at radius 2 is 1.77 bits per heavy atom. The topological polar surface area (TPSA) is 84.9 Å². The van der Waals surface area contributed by atoms with Gasteiger partial charge < -0.3 is 19.7 Å². The molecule has 0 aromatic heterocycles. The number of rotatable bonds is 4. The van der Waals surface area contributed by atoms with Crippen LogP contribution in [0.5, 0.6) is 0 Å². The number of amides is 1. The average molecular weight is 360 g/mol. The van der Waals surface area contributed by atoms with Crippen LogP contribution in [0.4, 0.5) is 10.1 Å². The lowest BCUT2D eigenvalue weighted by molar-refractivity contribution is -0.139. The molecular formula is C18H17FN2O5. The molecule has 7 nitrogen and oxygen atoms in total. The minimum Gasteiger partial charge on any atom is -0.465 e. The van der Waals surface area contributed by atoms with E-state index < -0.39 is 23.7 Å². The van der Waals surface area contributed by atoms with Crippen molar-refractivity contribution < 1.29 is 28.2 Å². The van der Waals surface area contributed by atoms with Gasteiger partial charge in [0.05, 0.1) is 31.0 Å². The van der Waals surface area contributed by atoms with Gasteiger partial charge in [0.25, 0.3) is 5.91 Å². The Balaban J connectivity index is 2.80. The van der Waals surface area contributed by atoms with Crippen molar-refractivity contribution in [1.29, 1.82) is 0 Å². The number of benzene rings is 1. The summed E-state index contributed by atoms with van der Waals surface area (Å²) in [5, 5.41) is 2.41. The molecule has 0 saturated heterocycles. The van der Waals surface area contributed by atoms with E-state index in [2.05, 4.69) is 5.32 Å². The summed E-state index contributed by atoms with van der Waals surface area (Å²) in [5.41, 5.74) is -0.645. The number of carbonyl (C=O) groups excluding carboxylic acids is 3. The van der Waals surface area contributed by atoms with Crippen molar-refractivity contribution in [2.45, 2.75) is 0 Å². The maximum Gasteiger partial charge on any atom is 0.355 e. The fourth-order valence-electron chi connectivity index (χ4n) is 2.41. The molecule has 0 unspecified atom stereocenters. The quantitative estimate of drug-likeness (QED) is 0.823. The second kappa shape index (κ2) is 8.11. The number of anilines is 1. The van der Waals surface area contributed by atoms with E-state index in [0.717, 1.165) is 25.2 Å². The number of ether oxygens (including phenoxy) is 2. The van der Waals surface area contributed by atoms with E-state index in [4.69, 9.17) is 9.47 Å². The molecule has 0 radical (unpaired) electrons. The van der Waals surface area contributed by atoms with E-state index >= 15 is 0 Å². The predicted octanol–water partition coefficient (Wildman–Crippen LogP) is 1.68. The molecule has 0 saturated carbocycles. The maximum atomic E-state index is 14.6. The van der Waals surface area contributed by atoms with Crippen molar-refractivity contribution in [3.8, 4) is 0 Å². The third-order valence-electron chi connectivity index (χ3n) is 3.59. The van der Waals surface area contributed by atoms with Gasteiger partial charge in [-0.1, -0.05) is 12.1 Å². The highest BCUT2D eigenvalue weighted by atomic mass is 19.1. The first-order chi connectivity index (χ1) is 12.5. The lowest BCUT2D eigenvalue weighted by Gasteiger charge is -2.25. The molecule has 2 rings (SSSR count). The fraction of sp³-hybridized carbons (Fsp3) is 0.167. The number of methoxy groups -OCH3 is 2. The molecular weight excluding hydrogens is 343 g/mol. The summed E-state index contributed by atoms with van der Waals surface area (Å²) >= 11 is 0. The minimum absolute atomic E-state index is 0.0235. The fourth-order valence-corrected chi connectivity index (χ4v) is 2.41. The van der Waals surface area contributed by atoms with Gasteiger partial charge in [0, 0.05) is 13.2 Å². The average Bonchev–Trinajstić information content (AvgIpc) is 2.88. The molecule has 1 amide bonds. The largest absolute Gasteiger partial charge is 0.465 e. The zero-order valence-electron chi connectivity index (χ0n) is 14.4. The second-order valence-corrected chi connectivity index (χ2v) is 5.03. The van der Waals surface area contributed by atoms with Crippen molar-refractivity contribution in [3.63, 3.8) is 0 Å². The van der Waals surface area contributed by atoms with E-state index in [9.17, 15) is 18.8 Å². The summed E-state index contributed by atoms with van der Waals surface area (Å²) in [4.78, 5) is 37.8. The third kappa shape index (κ3) is 3.49. The Morgan fingerprint density at radius 3 is 2.38 bits per heavy atom. The maximum absolute atomic E-state index is 14.6. The summed E-state index contributed by atoms with van der Waals surface area (Å²) in [6.07, 6.45) is 5.66. The van der Waals surface area contributed by atoms with Gasteiger partial charge >= 0.3 is 11.9 Å². The van der Waals surface area contributed by atoms with Crippen LogP contribution in [0.3, 0.4) is 0 Å². The predicted molar refractivity (Wildman–Crippen MR) is 91.6 cm³/mol. The summed E-state index contributed by atoms with van der Waals surface area (Å²) in [5.74, 6) is -3.03. The lowest BCUT2D eigenvalue weighted by Crippen LogP contribution is -2.30. The van der Waals surface area contributed by atoms with Crippen LogP contribution in [-0.4, -0.2) is 39.1 Å². The van der Waals surface area contributed by atoms with Gasteiger partial charge in [-0.05, 0) is 24.3 Å². The van der Waals surface area contributed by atoms with E-state index in [1.165, 1.54) is 43.6 Å². The number of hydrogen-bond donors (Lipinski definition) is 1. The molecule has 1 aliphatic rings. The SMILES string of the molecule is CNC(=O)c1cccc(F)c1N1C=CC=CC(C(=O)OC)=C1C(=O)OC. The molecule has 0 aliphatic carbocycles. The monoisotopic (exact) mass is 360 g/mol. The smallest absolute Gasteiger partial charge is 0.355 e.